The van der Waals surface area contributed by atoms with Gasteiger partial charge in [-0.2, -0.15) is 0 Å². The molecule has 0 fully saturated rings. The Labute approximate surface area is 187 Å². The van der Waals surface area contributed by atoms with Gasteiger partial charge in [-0.3, -0.25) is 19.6 Å². The molecular formula is C22H27N3O6S. The molecule has 0 atom stereocenters. The number of aryl methyl sites for hydroxylation is 1. The lowest BCUT2D eigenvalue weighted by molar-refractivity contribution is -0.385. The Kier molecular flexibility index (Phi) is 6.19. The monoisotopic (exact) mass is 461 g/mol. The second-order valence-corrected chi connectivity index (χ2v) is 10.6. The maximum Gasteiger partial charge on any atom is 0.270 e. The minimum atomic E-state index is -4.09. The molecule has 0 radical (unpaired) electrons. The Morgan fingerprint density at radius 1 is 1.22 bits per heavy atom. The number of rotatable bonds is 6. The molecule has 1 heterocycles. The molecule has 172 valence electrons. The van der Waals surface area contributed by atoms with Gasteiger partial charge in [0.05, 0.1) is 26.6 Å². The largest absolute Gasteiger partial charge is 0.490 e. The first kappa shape index (κ1) is 23.5. The number of benzene rings is 2. The molecule has 1 aliphatic heterocycles. The molecule has 3 rings (SSSR count). The summed E-state index contributed by atoms with van der Waals surface area (Å²) in [6.07, 6.45) is 0. The van der Waals surface area contributed by atoms with Crippen molar-refractivity contribution in [2.24, 2.45) is 11.3 Å². The van der Waals surface area contributed by atoms with Gasteiger partial charge in [0, 0.05) is 24.7 Å². The van der Waals surface area contributed by atoms with Gasteiger partial charge in [0.1, 0.15) is 12.4 Å². The van der Waals surface area contributed by atoms with E-state index in [1.54, 1.807) is 24.0 Å². The number of nitrogens with zero attached hydrogens (tertiary/aromatic N) is 2. The highest BCUT2D eigenvalue weighted by molar-refractivity contribution is 7.92. The minimum absolute atomic E-state index is 0.0644. The highest BCUT2D eigenvalue weighted by atomic mass is 32.2. The second kappa shape index (κ2) is 8.42. The van der Waals surface area contributed by atoms with E-state index in [-0.39, 0.29) is 34.7 Å². The first-order chi connectivity index (χ1) is 14.8. The Morgan fingerprint density at radius 3 is 2.53 bits per heavy atom. The molecule has 1 N–H and O–H groups in total. The number of nitrogens with one attached hydrogen (secondary N) is 1. The van der Waals surface area contributed by atoms with Crippen LogP contribution in [0.5, 0.6) is 5.75 Å². The van der Waals surface area contributed by atoms with Crippen molar-refractivity contribution in [2.75, 3.05) is 22.8 Å². The number of hydrogen-bond acceptors (Lipinski definition) is 6. The van der Waals surface area contributed by atoms with Gasteiger partial charge in [-0.25, -0.2) is 8.42 Å². The predicted octanol–water partition coefficient (Wildman–Crippen LogP) is 4.11. The number of amides is 1. The van der Waals surface area contributed by atoms with Crippen molar-refractivity contribution in [3.05, 3.63) is 52.1 Å². The summed E-state index contributed by atoms with van der Waals surface area (Å²) < 4.78 is 34.3. The van der Waals surface area contributed by atoms with E-state index in [0.29, 0.717) is 23.5 Å². The highest BCUT2D eigenvalue weighted by Crippen LogP contribution is 2.39. The summed E-state index contributed by atoms with van der Waals surface area (Å²) >= 11 is 0. The van der Waals surface area contributed by atoms with Gasteiger partial charge >= 0.3 is 0 Å². The van der Waals surface area contributed by atoms with Crippen molar-refractivity contribution in [1.29, 1.82) is 0 Å². The zero-order chi connectivity index (χ0) is 23.8. The Hall–Kier alpha value is -3.14. The lowest BCUT2D eigenvalue weighted by atomic mass is 9.92. The molecule has 0 unspecified atom stereocenters. The van der Waals surface area contributed by atoms with Gasteiger partial charge < -0.3 is 9.64 Å². The number of ether oxygens (including phenoxy) is 1. The van der Waals surface area contributed by atoms with Crippen LogP contribution in [0.1, 0.15) is 33.3 Å². The third-order valence-electron chi connectivity index (χ3n) is 5.14. The van der Waals surface area contributed by atoms with Crippen LogP contribution in [0.2, 0.25) is 0 Å². The molecule has 0 aliphatic carbocycles. The Morgan fingerprint density at radius 2 is 1.91 bits per heavy atom. The highest BCUT2D eigenvalue weighted by Gasteiger charge is 2.38. The fourth-order valence-electron chi connectivity index (χ4n) is 3.46. The van der Waals surface area contributed by atoms with Crippen molar-refractivity contribution >= 4 is 33.0 Å². The summed E-state index contributed by atoms with van der Waals surface area (Å²) in [7, 11) is -4.09. The van der Waals surface area contributed by atoms with Crippen molar-refractivity contribution in [3.63, 3.8) is 0 Å². The summed E-state index contributed by atoms with van der Waals surface area (Å²) in [5, 5.41) is 11.1. The van der Waals surface area contributed by atoms with E-state index in [1.165, 1.54) is 18.2 Å². The minimum Gasteiger partial charge on any atom is -0.490 e. The number of carbonyl (C=O) groups is 1. The van der Waals surface area contributed by atoms with Crippen molar-refractivity contribution in [3.8, 4) is 5.75 Å². The first-order valence-corrected chi connectivity index (χ1v) is 11.7. The average molecular weight is 462 g/mol. The lowest BCUT2D eigenvalue weighted by Crippen LogP contribution is -2.43. The molecule has 0 saturated heterocycles. The van der Waals surface area contributed by atoms with Crippen LogP contribution in [-0.4, -0.2) is 32.4 Å². The number of carbonyl (C=O) groups excluding carboxylic acids is 1. The number of sulfonamides is 1. The van der Waals surface area contributed by atoms with Crippen LogP contribution in [0.4, 0.5) is 17.1 Å². The van der Waals surface area contributed by atoms with Crippen LogP contribution in [0, 0.1) is 28.4 Å². The zero-order valence-electron chi connectivity index (χ0n) is 18.7. The van der Waals surface area contributed by atoms with Gasteiger partial charge in [0.15, 0.2) is 0 Å². The maximum absolute atomic E-state index is 13.1. The molecule has 1 amide bonds. The second-order valence-electron chi connectivity index (χ2n) is 8.98. The van der Waals surface area contributed by atoms with Crippen LogP contribution in [0.3, 0.4) is 0 Å². The Bertz CT molecular complexity index is 1170. The van der Waals surface area contributed by atoms with Crippen LogP contribution < -0.4 is 14.4 Å². The molecule has 9 nitrogen and oxygen atoms in total. The van der Waals surface area contributed by atoms with Crippen molar-refractivity contribution in [1.82, 2.24) is 0 Å². The van der Waals surface area contributed by atoms with Crippen molar-refractivity contribution < 1.29 is 22.9 Å². The third kappa shape index (κ3) is 4.69. The average Bonchev–Trinajstić information content (AvgIpc) is 2.77. The van der Waals surface area contributed by atoms with Crippen LogP contribution >= 0.6 is 0 Å². The summed E-state index contributed by atoms with van der Waals surface area (Å²) in [6, 6.07) is 8.41. The predicted molar refractivity (Wildman–Crippen MR) is 122 cm³/mol. The van der Waals surface area contributed by atoms with Gasteiger partial charge in [0.25, 0.3) is 15.7 Å². The lowest BCUT2D eigenvalue weighted by Gasteiger charge is -2.29. The van der Waals surface area contributed by atoms with Gasteiger partial charge in [-0.1, -0.05) is 19.9 Å². The standard InChI is InChI=1S/C22H27N3O6S/c1-14(2)12-24-18-9-7-16(10-19(18)31-13-22(4,5)21(24)26)23-32(29,30)20-11-17(25(27)28)8-6-15(20)3/h6-11,14,23H,12-13H2,1-5H3. The van der Waals surface area contributed by atoms with Gasteiger partial charge in [-0.05, 0) is 44.4 Å². The SMILES string of the molecule is Cc1ccc([N+](=O)[O-])cc1S(=O)(=O)Nc1ccc2c(c1)OCC(C)(C)C(=O)N2CC(C)C. The van der Waals surface area contributed by atoms with Gasteiger partial charge in [-0.15, -0.1) is 0 Å². The molecule has 0 aromatic heterocycles. The molecule has 0 saturated carbocycles. The quantitative estimate of drug-likeness (QED) is 0.511. The molecular weight excluding hydrogens is 434 g/mol. The normalized spacial score (nSPS) is 15.7. The fraction of sp³-hybridized carbons (Fsp3) is 0.409. The van der Waals surface area contributed by atoms with E-state index in [1.807, 2.05) is 27.7 Å². The number of non-ortho nitro benzene ring substituents is 1. The summed E-state index contributed by atoms with van der Waals surface area (Å²) in [6.45, 7) is 9.85. The molecule has 1 aliphatic rings. The van der Waals surface area contributed by atoms with Crippen molar-refractivity contribution in [2.45, 2.75) is 39.5 Å². The number of fused-ring (bicyclic) bond motifs is 1. The van der Waals surface area contributed by atoms with Gasteiger partial charge in [0.2, 0.25) is 5.91 Å². The molecule has 0 bridgehead atoms. The molecule has 10 heteroatoms. The molecule has 2 aromatic rings. The summed E-state index contributed by atoms with van der Waals surface area (Å²) in [5.74, 6) is 0.543. The first-order valence-electron chi connectivity index (χ1n) is 10.2. The fourth-order valence-corrected chi connectivity index (χ4v) is 4.77. The molecule has 0 spiro atoms. The zero-order valence-corrected chi connectivity index (χ0v) is 19.5. The molecule has 2 aromatic carbocycles. The number of hydrogen-bond donors (Lipinski definition) is 1. The van der Waals surface area contributed by atoms with E-state index < -0.39 is 20.4 Å². The topological polar surface area (TPSA) is 119 Å². The number of anilines is 2. The van der Waals surface area contributed by atoms with E-state index in [2.05, 4.69) is 4.72 Å². The smallest absolute Gasteiger partial charge is 0.270 e. The Balaban J connectivity index is 1.99. The van der Waals surface area contributed by atoms with E-state index in [9.17, 15) is 23.3 Å². The van der Waals surface area contributed by atoms with E-state index in [4.69, 9.17) is 4.74 Å². The van der Waals surface area contributed by atoms with Crippen LogP contribution in [0.25, 0.3) is 0 Å². The van der Waals surface area contributed by atoms with E-state index in [0.717, 1.165) is 6.07 Å². The summed E-state index contributed by atoms with van der Waals surface area (Å²) in [4.78, 5) is 25.0. The maximum atomic E-state index is 13.1. The van der Waals surface area contributed by atoms with E-state index >= 15 is 0 Å². The van der Waals surface area contributed by atoms with Crippen LogP contribution in [-0.2, 0) is 14.8 Å². The third-order valence-corrected chi connectivity index (χ3v) is 6.66. The molecule has 32 heavy (non-hydrogen) atoms. The van der Waals surface area contributed by atoms with Crippen LogP contribution in [0.15, 0.2) is 41.3 Å². The number of nitro benzene ring substituents is 1. The summed E-state index contributed by atoms with van der Waals surface area (Å²) in [5.41, 5.74) is 0.124. The number of nitro groups is 1.